The SMILES string of the molecule is O=C(NC(n1cnc2c(N3CCCCC3)ncnc21)C(Cl)(Cl)Cl)c1ccccc1F. The largest absolute Gasteiger partial charge is 0.355 e. The van der Waals surface area contributed by atoms with Crippen molar-refractivity contribution in [2.75, 3.05) is 18.0 Å². The summed E-state index contributed by atoms with van der Waals surface area (Å²) in [5.74, 6) is -0.707. The van der Waals surface area contributed by atoms with Crippen LogP contribution in [0, 0.1) is 5.82 Å². The van der Waals surface area contributed by atoms with Gasteiger partial charge in [0.1, 0.15) is 12.1 Å². The molecular formula is C19H18Cl3FN6O. The lowest BCUT2D eigenvalue weighted by atomic mass is 10.1. The highest BCUT2D eigenvalue weighted by Crippen LogP contribution is 2.38. The Bertz CT molecular complexity index is 1060. The van der Waals surface area contributed by atoms with Crippen LogP contribution in [-0.2, 0) is 0 Å². The van der Waals surface area contributed by atoms with Crippen LogP contribution >= 0.6 is 34.8 Å². The molecule has 0 radical (unpaired) electrons. The van der Waals surface area contributed by atoms with Crippen molar-refractivity contribution < 1.29 is 9.18 Å². The summed E-state index contributed by atoms with van der Waals surface area (Å²) in [6.07, 6.45) is 4.99. The molecule has 0 spiro atoms. The van der Waals surface area contributed by atoms with E-state index in [-0.39, 0.29) is 5.56 Å². The van der Waals surface area contributed by atoms with Crippen LogP contribution in [0.5, 0.6) is 0 Å². The van der Waals surface area contributed by atoms with Gasteiger partial charge in [-0.25, -0.2) is 19.3 Å². The van der Waals surface area contributed by atoms with Gasteiger partial charge in [-0.3, -0.25) is 9.36 Å². The Morgan fingerprint density at radius 1 is 1.10 bits per heavy atom. The van der Waals surface area contributed by atoms with Gasteiger partial charge in [-0.15, -0.1) is 0 Å². The molecule has 2 aromatic heterocycles. The van der Waals surface area contributed by atoms with E-state index < -0.39 is 21.7 Å². The van der Waals surface area contributed by atoms with Crippen LogP contribution in [0.1, 0.15) is 35.8 Å². The van der Waals surface area contributed by atoms with Crippen LogP contribution in [-0.4, -0.2) is 42.3 Å². The number of imidazole rings is 1. The second kappa shape index (κ2) is 8.53. The summed E-state index contributed by atoms with van der Waals surface area (Å²) in [5.41, 5.74) is 0.777. The molecule has 1 aromatic carbocycles. The minimum absolute atomic E-state index is 0.162. The first-order valence-corrected chi connectivity index (χ1v) is 10.5. The maximum atomic E-state index is 14.0. The maximum absolute atomic E-state index is 14.0. The summed E-state index contributed by atoms with van der Waals surface area (Å²) in [7, 11) is 0. The van der Waals surface area contributed by atoms with Gasteiger partial charge in [0.2, 0.25) is 3.79 Å². The van der Waals surface area contributed by atoms with Gasteiger partial charge in [-0.1, -0.05) is 46.9 Å². The summed E-state index contributed by atoms with van der Waals surface area (Å²) in [5, 5.41) is 2.58. The number of piperidine rings is 1. The molecule has 1 saturated heterocycles. The third kappa shape index (κ3) is 4.17. The molecule has 158 valence electrons. The second-order valence-corrected chi connectivity index (χ2v) is 9.34. The fourth-order valence-electron chi connectivity index (χ4n) is 3.52. The Morgan fingerprint density at radius 3 is 2.53 bits per heavy atom. The molecule has 3 heterocycles. The van der Waals surface area contributed by atoms with Crippen LogP contribution in [0.25, 0.3) is 11.2 Å². The number of amides is 1. The van der Waals surface area contributed by atoms with Crippen molar-refractivity contribution in [1.29, 1.82) is 0 Å². The molecule has 1 fully saturated rings. The summed E-state index contributed by atoms with van der Waals surface area (Å²) >= 11 is 18.5. The predicted molar refractivity (Wildman–Crippen MR) is 115 cm³/mol. The van der Waals surface area contributed by atoms with Crippen LogP contribution in [0.4, 0.5) is 10.2 Å². The number of halogens is 4. The Balaban J connectivity index is 1.71. The van der Waals surface area contributed by atoms with Crippen molar-refractivity contribution in [2.24, 2.45) is 0 Å². The number of rotatable bonds is 4. The fourth-order valence-corrected chi connectivity index (χ4v) is 4.00. The average Bonchev–Trinajstić information content (AvgIpc) is 3.15. The highest BCUT2D eigenvalue weighted by molar-refractivity contribution is 6.68. The van der Waals surface area contributed by atoms with Crippen molar-refractivity contribution in [3.63, 3.8) is 0 Å². The van der Waals surface area contributed by atoms with E-state index in [1.807, 2.05) is 0 Å². The highest BCUT2D eigenvalue weighted by Gasteiger charge is 2.37. The minimum atomic E-state index is -1.95. The van der Waals surface area contributed by atoms with Gasteiger partial charge in [0.05, 0.1) is 11.9 Å². The molecule has 0 saturated carbocycles. The van der Waals surface area contributed by atoms with Gasteiger partial charge < -0.3 is 10.2 Å². The second-order valence-electron chi connectivity index (χ2n) is 6.97. The Kier molecular flexibility index (Phi) is 5.99. The molecule has 1 unspecified atom stereocenters. The number of nitrogens with zero attached hydrogens (tertiary/aromatic N) is 5. The zero-order chi connectivity index (χ0) is 21.3. The third-order valence-electron chi connectivity index (χ3n) is 4.97. The lowest BCUT2D eigenvalue weighted by Gasteiger charge is -2.28. The topological polar surface area (TPSA) is 75.9 Å². The minimum Gasteiger partial charge on any atom is -0.355 e. The number of benzene rings is 1. The molecule has 3 aromatic rings. The molecule has 1 aliphatic rings. The van der Waals surface area contributed by atoms with Crippen molar-refractivity contribution in [1.82, 2.24) is 24.8 Å². The number of fused-ring (bicyclic) bond motifs is 1. The van der Waals surface area contributed by atoms with E-state index in [0.717, 1.165) is 25.9 Å². The Morgan fingerprint density at radius 2 is 1.83 bits per heavy atom. The Labute approximate surface area is 187 Å². The normalized spacial score (nSPS) is 15.9. The molecule has 4 rings (SSSR count). The lowest BCUT2D eigenvalue weighted by Crippen LogP contribution is -2.40. The Hall–Kier alpha value is -2.16. The first-order chi connectivity index (χ1) is 14.4. The van der Waals surface area contributed by atoms with Crippen LogP contribution < -0.4 is 10.2 Å². The van der Waals surface area contributed by atoms with Gasteiger partial charge >= 0.3 is 0 Å². The number of nitrogens with one attached hydrogen (secondary N) is 1. The van der Waals surface area contributed by atoms with E-state index in [4.69, 9.17) is 34.8 Å². The smallest absolute Gasteiger partial charge is 0.255 e. The number of anilines is 1. The van der Waals surface area contributed by atoms with E-state index in [1.165, 1.54) is 41.8 Å². The molecule has 1 amide bonds. The van der Waals surface area contributed by atoms with Gasteiger partial charge in [-0.05, 0) is 31.4 Å². The van der Waals surface area contributed by atoms with E-state index in [2.05, 4.69) is 25.2 Å². The van der Waals surface area contributed by atoms with E-state index in [0.29, 0.717) is 17.0 Å². The van der Waals surface area contributed by atoms with E-state index in [9.17, 15) is 9.18 Å². The third-order valence-corrected chi connectivity index (χ3v) is 5.59. The fraction of sp³-hybridized carbons (Fsp3) is 0.368. The quantitative estimate of drug-likeness (QED) is 0.576. The van der Waals surface area contributed by atoms with Crippen LogP contribution in [0.15, 0.2) is 36.9 Å². The van der Waals surface area contributed by atoms with E-state index in [1.54, 1.807) is 6.07 Å². The maximum Gasteiger partial charge on any atom is 0.255 e. The first-order valence-electron chi connectivity index (χ1n) is 9.41. The zero-order valence-corrected chi connectivity index (χ0v) is 18.0. The number of aromatic nitrogens is 4. The lowest BCUT2D eigenvalue weighted by molar-refractivity contribution is 0.0917. The van der Waals surface area contributed by atoms with Gasteiger partial charge in [0.15, 0.2) is 23.1 Å². The molecule has 7 nitrogen and oxygen atoms in total. The molecule has 0 bridgehead atoms. The molecular weight excluding hydrogens is 454 g/mol. The van der Waals surface area contributed by atoms with Gasteiger partial charge in [0.25, 0.3) is 5.91 Å². The molecule has 1 atom stereocenters. The number of alkyl halides is 3. The molecule has 11 heteroatoms. The average molecular weight is 472 g/mol. The van der Waals surface area contributed by atoms with Crippen molar-refractivity contribution in [3.05, 3.63) is 48.3 Å². The van der Waals surface area contributed by atoms with Gasteiger partial charge in [-0.2, -0.15) is 0 Å². The van der Waals surface area contributed by atoms with Crippen LogP contribution in [0.3, 0.4) is 0 Å². The number of carbonyl (C=O) groups is 1. The van der Waals surface area contributed by atoms with E-state index >= 15 is 0 Å². The highest BCUT2D eigenvalue weighted by atomic mass is 35.6. The van der Waals surface area contributed by atoms with Crippen molar-refractivity contribution >= 4 is 57.7 Å². The predicted octanol–water partition coefficient (Wildman–Crippen LogP) is 4.25. The van der Waals surface area contributed by atoms with Crippen LogP contribution in [0.2, 0.25) is 0 Å². The monoisotopic (exact) mass is 470 g/mol. The summed E-state index contributed by atoms with van der Waals surface area (Å²) < 4.78 is 13.5. The molecule has 1 aliphatic heterocycles. The molecule has 30 heavy (non-hydrogen) atoms. The number of hydrogen-bond acceptors (Lipinski definition) is 5. The molecule has 1 N–H and O–H groups in total. The number of carbonyl (C=O) groups excluding carboxylic acids is 1. The van der Waals surface area contributed by atoms with Gasteiger partial charge in [0, 0.05) is 13.1 Å². The van der Waals surface area contributed by atoms with Crippen molar-refractivity contribution in [2.45, 2.75) is 29.2 Å². The number of hydrogen-bond donors (Lipinski definition) is 1. The summed E-state index contributed by atoms with van der Waals surface area (Å²) in [6, 6.07) is 5.57. The first kappa shape index (κ1) is 21.1. The summed E-state index contributed by atoms with van der Waals surface area (Å²) in [4.78, 5) is 27.9. The van der Waals surface area contributed by atoms with Crippen molar-refractivity contribution in [3.8, 4) is 0 Å². The zero-order valence-electron chi connectivity index (χ0n) is 15.7. The standard InChI is InChI=1S/C19H18Cl3FN6O/c20-19(21,22)18(27-17(30)12-6-2-3-7-13(12)23)29-11-26-14-15(24-10-25-16(14)29)28-8-4-1-5-9-28/h2-3,6-7,10-11,18H,1,4-5,8-9H2,(H,27,30). The molecule has 0 aliphatic carbocycles. The summed E-state index contributed by atoms with van der Waals surface area (Å²) in [6.45, 7) is 1.74.